The molecule has 27 heavy (non-hydrogen) atoms. The molecule has 0 aromatic heterocycles. The maximum absolute atomic E-state index is 8.44. The SMILES string of the molecule is CCCc1ccc(CCCC[C@H]2CC[C@H](CC/C=C/C=C/C#N)CC2)cc1. The molecular weight excluding hydrogens is 326 g/mol. The Hall–Kier alpha value is -1.81. The molecule has 0 radical (unpaired) electrons. The molecule has 0 amide bonds. The highest BCUT2D eigenvalue weighted by atomic mass is 14.3. The second-order valence-corrected chi connectivity index (χ2v) is 8.19. The number of hydrogen-bond donors (Lipinski definition) is 0. The van der Waals surface area contributed by atoms with Crippen LogP contribution in [0.15, 0.2) is 48.6 Å². The molecule has 0 bridgehead atoms. The predicted octanol–water partition coefficient (Wildman–Crippen LogP) is 7.57. The van der Waals surface area contributed by atoms with E-state index in [1.165, 1.54) is 87.8 Å². The fourth-order valence-electron chi connectivity index (χ4n) is 4.34. The summed E-state index contributed by atoms with van der Waals surface area (Å²) in [6.45, 7) is 2.25. The molecule has 1 saturated carbocycles. The van der Waals surface area contributed by atoms with E-state index < -0.39 is 0 Å². The number of nitriles is 1. The minimum Gasteiger partial charge on any atom is -0.193 e. The fraction of sp³-hybridized carbons (Fsp3) is 0.577. The lowest BCUT2D eigenvalue weighted by Crippen LogP contribution is -2.14. The van der Waals surface area contributed by atoms with Crippen molar-refractivity contribution in [3.8, 4) is 6.07 Å². The second-order valence-electron chi connectivity index (χ2n) is 8.19. The van der Waals surface area contributed by atoms with Gasteiger partial charge in [-0.2, -0.15) is 5.26 Å². The van der Waals surface area contributed by atoms with E-state index in [1.54, 1.807) is 0 Å². The van der Waals surface area contributed by atoms with E-state index in [4.69, 9.17) is 5.26 Å². The maximum atomic E-state index is 8.44. The molecule has 0 unspecified atom stereocenters. The maximum Gasteiger partial charge on any atom is 0.0912 e. The molecule has 0 spiro atoms. The van der Waals surface area contributed by atoms with Gasteiger partial charge in [0.2, 0.25) is 0 Å². The first-order valence-electron chi connectivity index (χ1n) is 11.1. The van der Waals surface area contributed by atoms with E-state index in [0.29, 0.717) is 0 Å². The Morgan fingerprint density at radius 2 is 1.52 bits per heavy atom. The first-order chi connectivity index (χ1) is 13.3. The summed E-state index contributed by atoms with van der Waals surface area (Å²) in [4.78, 5) is 0. The van der Waals surface area contributed by atoms with Gasteiger partial charge in [-0.15, -0.1) is 0 Å². The van der Waals surface area contributed by atoms with Crippen molar-refractivity contribution in [2.75, 3.05) is 0 Å². The zero-order valence-electron chi connectivity index (χ0n) is 17.2. The van der Waals surface area contributed by atoms with Crippen LogP contribution in [0.1, 0.15) is 82.3 Å². The van der Waals surface area contributed by atoms with Crippen molar-refractivity contribution in [3.05, 3.63) is 59.7 Å². The predicted molar refractivity (Wildman–Crippen MR) is 117 cm³/mol. The van der Waals surface area contributed by atoms with Gasteiger partial charge in [-0.05, 0) is 55.1 Å². The molecule has 0 saturated heterocycles. The monoisotopic (exact) mass is 363 g/mol. The highest BCUT2D eigenvalue weighted by Gasteiger charge is 2.20. The summed E-state index contributed by atoms with van der Waals surface area (Å²) in [6, 6.07) is 11.3. The average molecular weight is 364 g/mol. The van der Waals surface area contributed by atoms with Crippen LogP contribution in [0.4, 0.5) is 0 Å². The van der Waals surface area contributed by atoms with Gasteiger partial charge in [0.05, 0.1) is 6.07 Å². The lowest BCUT2D eigenvalue weighted by Gasteiger charge is -2.28. The largest absolute Gasteiger partial charge is 0.193 e. The fourth-order valence-corrected chi connectivity index (χ4v) is 4.34. The van der Waals surface area contributed by atoms with Gasteiger partial charge in [0.15, 0.2) is 0 Å². The van der Waals surface area contributed by atoms with Crippen LogP contribution in [0.25, 0.3) is 0 Å². The molecule has 1 fully saturated rings. The van der Waals surface area contributed by atoms with Crippen molar-refractivity contribution in [3.63, 3.8) is 0 Å². The van der Waals surface area contributed by atoms with Gasteiger partial charge in [-0.1, -0.05) is 94.4 Å². The summed E-state index contributed by atoms with van der Waals surface area (Å²) in [5.41, 5.74) is 2.99. The van der Waals surface area contributed by atoms with Crippen LogP contribution in [0, 0.1) is 23.2 Å². The Kier molecular flexibility index (Phi) is 10.6. The Labute approximate surface area is 167 Å². The molecule has 0 aliphatic heterocycles. The molecule has 1 heteroatoms. The van der Waals surface area contributed by atoms with Crippen LogP contribution in [-0.4, -0.2) is 0 Å². The molecule has 0 heterocycles. The van der Waals surface area contributed by atoms with Gasteiger partial charge in [0.1, 0.15) is 0 Å². The normalized spacial score (nSPS) is 20.3. The molecule has 0 N–H and O–H groups in total. The van der Waals surface area contributed by atoms with Crippen LogP contribution in [0.2, 0.25) is 0 Å². The van der Waals surface area contributed by atoms with Crippen LogP contribution in [0.3, 0.4) is 0 Å². The van der Waals surface area contributed by atoms with Crippen molar-refractivity contribution >= 4 is 0 Å². The van der Waals surface area contributed by atoms with Gasteiger partial charge in [0.25, 0.3) is 0 Å². The third-order valence-corrected chi connectivity index (χ3v) is 6.02. The molecular formula is C26H37N. The molecule has 1 aromatic rings. The van der Waals surface area contributed by atoms with E-state index in [1.807, 2.05) is 18.2 Å². The summed E-state index contributed by atoms with van der Waals surface area (Å²) in [7, 11) is 0. The lowest BCUT2D eigenvalue weighted by molar-refractivity contribution is 0.250. The van der Waals surface area contributed by atoms with Gasteiger partial charge < -0.3 is 0 Å². The third kappa shape index (κ3) is 9.09. The molecule has 1 aliphatic carbocycles. The van der Waals surface area contributed by atoms with Crippen molar-refractivity contribution in [1.29, 1.82) is 5.26 Å². The number of benzene rings is 1. The van der Waals surface area contributed by atoms with Crippen molar-refractivity contribution < 1.29 is 0 Å². The van der Waals surface area contributed by atoms with Gasteiger partial charge in [0, 0.05) is 6.08 Å². The van der Waals surface area contributed by atoms with Crippen LogP contribution in [-0.2, 0) is 12.8 Å². The highest BCUT2D eigenvalue weighted by molar-refractivity contribution is 5.22. The van der Waals surface area contributed by atoms with E-state index >= 15 is 0 Å². The van der Waals surface area contributed by atoms with Crippen LogP contribution >= 0.6 is 0 Å². The van der Waals surface area contributed by atoms with Gasteiger partial charge in [-0.3, -0.25) is 0 Å². The Balaban J connectivity index is 1.52. The zero-order chi connectivity index (χ0) is 19.2. The quantitative estimate of drug-likeness (QED) is 0.226. The summed E-state index contributed by atoms with van der Waals surface area (Å²) in [5.74, 6) is 1.90. The number of hydrogen-bond acceptors (Lipinski definition) is 1. The number of allylic oxidation sites excluding steroid dienone is 4. The lowest BCUT2D eigenvalue weighted by atomic mass is 9.78. The Morgan fingerprint density at radius 3 is 2.15 bits per heavy atom. The highest BCUT2D eigenvalue weighted by Crippen LogP contribution is 2.34. The van der Waals surface area contributed by atoms with Crippen LogP contribution < -0.4 is 0 Å². The zero-order valence-corrected chi connectivity index (χ0v) is 17.2. The van der Waals surface area contributed by atoms with Crippen molar-refractivity contribution in [2.24, 2.45) is 11.8 Å². The Morgan fingerprint density at radius 1 is 0.889 bits per heavy atom. The molecule has 1 nitrogen and oxygen atoms in total. The Bertz CT molecular complexity index is 594. The van der Waals surface area contributed by atoms with E-state index in [2.05, 4.69) is 37.3 Å². The average Bonchev–Trinajstić information content (AvgIpc) is 2.70. The van der Waals surface area contributed by atoms with E-state index in [-0.39, 0.29) is 0 Å². The molecule has 146 valence electrons. The second kappa shape index (κ2) is 13.4. The minimum absolute atomic E-state index is 0.924. The first kappa shape index (κ1) is 21.5. The summed E-state index contributed by atoms with van der Waals surface area (Å²) in [5, 5.41) is 8.44. The summed E-state index contributed by atoms with van der Waals surface area (Å²) < 4.78 is 0. The number of rotatable bonds is 11. The number of nitrogens with zero attached hydrogens (tertiary/aromatic N) is 1. The van der Waals surface area contributed by atoms with Gasteiger partial charge >= 0.3 is 0 Å². The number of unbranched alkanes of at least 4 members (excludes halogenated alkanes) is 1. The molecule has 1 aliphatic rings. The van der Waals surface area contributed by atoms with Crippen LogP contribution in [0.5, 0.6) is 0 Å². The first-order valence-corrected chi connectivity index (χ1v) is 11.1. The van der Waals surface area contributed by atoms with Gasteiger partial charge in [-0.25, -0.2) is 0 Å². The molecule has 2 rings (SSSR count). The molecule has 0 atom stereocenters. The topological polar surface area (TPSA) is 23.8 Å². The summed E-state index contributed by atoms with van der Waals surface area (Å²) >= 11 is 0. The smallest absolute Gasteiger partial charge is 0.0912 e. The number of aryl methyl sites for hydroxylation is 2. The van der Waals surface area contributed by atoms with Crippen molar-refractivity contribution in [2.45, 2.75) is 84.0 Å². The minimum atomic E-state index is 0.924. The van der Waals surface area contributed by atoms with E-state index in [0.717, 1.165) is 18.3 Å². The summed E-state index contributed by atoms with van der Waals surface area (Å²) in [6.07, 6.45) is 23.6. The standard InChI is InChI=1S/C26H37N/c1-2-10-23-14-16-25(17-15-23)12-7-8-13-26-20-18-24(19-21-26)11-6-4-3-5-9-22-27/h3-5,9,14-17,24,26H,2,6-8,10-13,18-21H2,1H3/b4-3+,9-5+/t24-,26-. The van der Waals surface area contributed by atoms with Crippen molar-refractivity contribution in [1.82, 2.24) is 0 Å². The third-order valence-electron chi connectivity index (χ3n) is 6.02. The van der Waals surface area contributed by atoms with E-state index in [9.17, 15) is 0 Å². The molecule has 1 aromatic carbocycles.